The van der Waals surface area contributed by atoms with Gasteiger partial charge in [0.1, 0.15) is 0 Å². The number of ether oxygens (including phenoxy) is 1. The summed E-state index contributed by atoms with van der Waals surface area (Å²) in [5.41, 5.74) is 1.17. The molecule has 2 heterocycles. The molecule has 15 heavy (non-hydrogen) atoms. The summed E-state index contributed by atoms with van der Waals surface area (Å²) in [6, 6.07) is 1.95. The molecule has 0 spiro atoms. The summed E-state index contributed by atoms with van der Waals surface area (Å²) in [4.78, 5) is 3.97. The third kappa shape index (κ3) is 2.44. The Morgan fingerprint density at radius 1 is 1.53 bits per heavy atom. The summed E-state index contributed by atoms with van der Waals surface area (Å²) < 4.78 is 5.42. The molecule has 1 aliphatic heterocycles. The molecule has 0 amide bonds. The molecule has 1 fully saturated rings. The molecular formula is C11H13Cl2NO. The number of alkyl halides is 1. The second kappa shape index (κ2) is 4.69. The van der Waals surface area contributed by atoms with E-state index in [0.717, 1.165) is 31.6 Å². The predicted molar refractivity (Wildman–Crippen MR) is 61.5 cm³/mol. The molecule has 2 nitrogen and oxygen atoms in total. The molecule has 1 aliphatic rings. The van der Waals surface area contributed by atoms with Crippen LogP contribution in [-0.2, 0) is 11.2 Å². The minimum absolute atomic E-state index is 0.0621. The summed E-state index contributed by atoms with van der Waals surface area (Å²) in [7, 11) is 0. The van der Waals surface area contributed by atoms with Crippen molar-refractivity contribution in [1.82, 2.24) is 4.98 Å². The third-order valence-corrected chi connectivity index (χ3v) is 3.80. The number of halogens is 2. The van der Waals surface area contributed by atoms with E-state index >= 15 is 0 Å². The van der Waals surface area contributed by atoms with E-state index in [0.29, 0.717) is 10.9 Å². The highest BCUT2D eigenvalue weighted by atomic mass is 35.5. The Bertz CT molecular complexity index is 337. The highest BCUT2D eigenvalue weighted by Gasteiger charge is 2.34. The van der Waals surface area contributed by atoms with Gasteiger partial charge in [0.25, 0.3) is 0 Å². The normalized spacial score (nSPS) is 25.7. The Morgan fingerprint density at radius 3 is 3.00 bits per heavy atom. The van der Waals surface area contributed by atoms with Crippen LogP contribution in [0.3, 0.4) is 0 Å². The van der Waals surface area contributed by atoms with E-state index in [2.05, 4.69) is 4.98 Å². The van der Waals surface area contributed by atoms with E-state index in [4.69, 9.17) is 27.9 Å². The SMILES string of the molecule is ClCC1(Cc2ccncc2Cl)CCOC1. The van der Waals surface area contributed by atoms with Crippen molar-refractivity contribution in [2.75, 3.05) is 19.1 Å². The number of hydrogen-bond acceptors (Lipinski definition) is 2. The summed E-state index contributed by atoms with van der Waals surface area (Å²) in [5.74, 6) is 0.617. The van der Waals surface area contributed by atoms with Crippen molar-refractivity contribution in [3.63, 3.8) is 0 Å². The zero-order chi connectivity index (χ0) is 10.7. The molecule has 1 unspecified atom stereocenters. The van der Waals surface area contributed by atoms with Gasteiger partial charge in [-0.2, -0.15) is 0 Å². The fourth-order valence-electron chi connectivity index (χ4n) is 1.89. The fraction of sp³-hybridized carbons (Fsp3) is 0.545. The van der Waals surface area contributed by atoms with Crippen LogP contribution in [0.5, 0.6) is 0 Å². The van der Waals surface area contributed by atoms with Gasteiger partial charge in [-0.05, 0) is 24.5 Å². The van der Waals surface area contributed by atoms with Crippen molar-refractivity contribution in [3.8, 4) is 0 Å². The summed E-state index contributed by atoms with van der Waals surface area (Å²) in [6.45, 7) is 1.53. The lowest BCUT2D eigenvalue weighted by molar-refractivity contribution is 0.161. The molecule has 0 radical (unpaired) electrons. The highest BCUT2D eigenvalue weighted by molar-refractivity contribution is 6.31. The van der Waals surface area contributed by atoms with Crippen molar-refractivity contribution < 1.29 is 4.74 Å². The maximum Gasteiger partial charge on any atom is 0.0621 e. The first-order valence-electron chi connectivity index (χ1n) is 4.98. The second-order valence-electron chi connectivity index (χ2n) is 4.08. The van der Waals surface area contributed by atoms with Crippen LogP contribution < -0.4 is 0 Å². The zero-order valence-corrected chi connectivity index (χ0v) is 9.89. The monoisotopic (exact) mass is 245 g/mol. The van der Waals surface area contributed by atoms with Crippen LogP contribution in [0.15, 0.2) is 18.5 Å². The van der Waals surface area contributed by atoms with Gasteiger partial charge in [0.15, 0.2) is 0 Å². The number of pyridine rings is 1. The molecule has 2 rings (SSSR count). The minimum atomic E-state index is 0.0621. The van der Waals surface area contributed by atoms with Gasteiger partial charge in [-0.15, -0.1) is 11.6 Å². The van der Waals surface area contributed by atoms with Crippen LogP contribution in [0, 0.1) is 5.41 Å². The van der Waals surface area contributed by atoms with Crippen LogP contribution in [0.2, 0.25) is 5.02 Å². The highest BCUT2D eigenvalue weighted by Crippen LogP contribution is 2.35. The standard InChI is InChI=1S/C11H13Cl2NO/c12-7-11(2-4-15-8-11)5-9-1-3-14-6-10(9)13/h1,3,6H,2,4-5,7-8H2. The zero-order valence-electron chi connectivity index (χ0n) is 8.38. The van der Waals surface area contributed by atoms with Crippen LogP contribution in [-0.4, -0.2) is 24.1 Å². The number of rotatable bonds is 3. The van der Waals surface area contributed by atoms with Gasteiger partial charge in [-0.25, -0.2) is 0 Å². The molecule has 0 saturated carbocycles. The Morgan fingerprint density at radius 2 is 2.40 bits per heavy atom. The molecule has 0 bridgehead atoms. The van der Waals surface area contributed by atoms with Gasteiger partial charge in [0.05, 0.1) is 11.6 Å². The predicted octanol–water partition coefficient (Wildman–Crippen LogP) is 2.92. The van der Waals surface area contributed by atoms with Gasteiger partial charge in [-0.3, -0.25) is 4.98 Å². The minimum Gasteiger partial charge on any atom is -0.381 e. The first-order valence-corrected chi connectivity index (χ1v) is 5.89. The van der Waals surface area contributed by atoms with Crippen molar-refractivity contribution in [3.05, 3.63) is 29.0 Å². The lowest BCUT2D eigenvalue weighted by Crippen LogP contribution is -2.26. The molecular weight excluding hydrogens is 233 g/mol. The largest absolute Gasteiger partial charge is 0.381 e. The molecule has 0 aromatic carbocycles. The quantitative estimate of drug-likeness (QED) is 0.765. The summed E-state index contributed by atoms with van der Waals surface area (Å²) in [6.07, 6.45) is 5.32. The van der Waals surface area contributed by atoms with E-state index in [-0.39, 0.29) is 5.41 Å². The Balaban J connectivity index is 2.16. The maximum absolute atomic E-state index is 6.08. The average molecular weight is 246 g/mol. The van der Waals surface area contributed by atoms with Crippen LogP contribution in [0.4, 0.5) is 0 Å². The van der Waals surface area contributed by atoms with E-state index in [1.165, 1.54) is 0 Å². The number of aromatic nitrogens is 1. The van der Waals surface area contributed by atoms with Gasteiger partial charge in [-0.1, -0.05) is 11.6 Å². The lowest BCUT2D eigenvalue weighted by atomic mass is 9.83. The van der Waals surface area contributed by atoms with Gasteiger partial charge in [0.2, 0.25) is 0 Å². The van der Waals surface area contributed by atoms with Crippen LogP contribution >= 0.6 is 23.2 Å². The molecule has 1 aromatic rings. The molecule has 4 heteroatoms. The van der Waals surface area contributed by atoms with Gasteiger partial charge < -0.3 is 4.74 Å². The van der Waals surface area contributed by atoms with Gasteiger partial charge >= 0.3 is 0 Å². The molecule has 0 N–H and O–H groups in total. The molecule has 1 saturated heterocycles. The van der Waals surface area contributed by atoms with Gasteiger partial charge in [0, 0.05) is 30.3 Å². The Hall–Kier alpha value is -0.310. The van der Waals surface area contributed by atoms with Crippen LogP contribution in [0.1, 0.15) is 12.0 Å². The van der Waals surface area contributed by atoms with Crippen molar-refractivity contribution in [1.29, 1.82) is 0 Å². The molecule has 82 valence electrons. The maximum atomic E-state index is 6.08. The van der Waals surface area contributed by atoms with E-state index in [1.54, 1.807) is 12.4 Å². The van der Waals surface area contributed by atoms with Crippen molar-refractivity contribution in [2.45, 2.75) is 12.8 Å². The smallest absolute Gasteiger partial charge is 0.0621 e. The molecule has 1 atom stereocenters. The van der Waals surface area contributed by atoms with Crippen LogP contribution in [0.25, 0.3) is 0 Å². The molecule has 0 aliphatic carbocycles. The fourth-order valence-corrected chi connectivity index (χ4v) is 2.38. The second-order valence-corrected chi connectivity index (χ2v) is 4.75. The first-order chi connectivity index (χ1) is 7.26. The topological polar surface area (TPSA) is 22.1 Å². The van der Waals surface area contributed by atoms with Crippen molar-refractivity contribution in [2.24, 2.45) is 5.41 Å². The molecule has 1 aromatic heterocycles. The lowest BCUT2D eigenvalue weighted by Gasteiger charge is -2.24. The first kappa shape index (κ1) is 11.2. The number of hydrogen-bond donors (Lipinski definition) is 0. The van der Waals surface area contributed by atoms with E-state index in [1.807, 2.05) is 6.07 Å². The van der Waals surface area contributed by atoms with Crippen molar-refractivity contribution >= 4 is 23.2 Å². The summed E-state index contributed by atoms with van der Waals surface area (Å²) >= 11 is 12.1. The van der Waals surface area contributed by atoms with E-state index in [9.17, 15) is 0 Å². The summed E-state index contributed by atoms with van der Waals surface area (Å²) in [5, 5.41) is 0.717. The Kier molecular flexibility index (Phi) is 3.49. The Labute approximate surface area is 99.6 Å². The third-order valence-electron chi connectivity index (χ3n) is 2.89. The van der Waals surface area contributed by atoms with E-state index < -0.39 is 0 Å². The number of nitrogens with zero attached hydrogens (tertiary/aromatic N) is 1. The average Bonchev–Trinajstić information content (AvgIpc) is 2.71.